The molecule has 214 valence electrons. The van der Waals surface area contributed by atoms with Crippen LogP contribution in [-0.4, -0.2) is 96.1 Å². The molecule has 2 fully saturated rings. The Bertz CT molecular complexity index is 1200. The van der Waals surface area contributed by atoms with Crippen molar-refractivity contribution in [1.82, 2.24) is 14.7 Å². The van der Waals surface area contributed by atoms with Crippen LogP contribution in [0.5, 0.6) is 0 Å². The highest BCUT2D eigenvalue weighted by Gasteiger charge is 2.44. The van der Waals surface area contributed by atoms with Crippen LogP contribution in [0, 0.1) is 0 Å². The summed E-state index contributed by atoms with van der Waals surface area (Å²) in [5.41, 5.74) is 1.61. The van der Waals surface area contributed by atoms with Crippen LogP contribution in [0.4, 0.5) is 11.4 Å². The molecule has 2 aliphatic rings. The lowest BCUT2D eigenvalue weighted by atomic mass is 10.1. The van der Waals surface area contributed by atoms with Gasteiger partial charge < -0.3 is 24.8 Å². The fourth-order valence-corrected chi connectivity index (χ4v) is 5.68. The molecule has 11 heteroatoms. The maximum absolute atomic E-state index is 13.7. The predicted octanol–water partition coefficient (Wildman–Crippen LogP) is 3.98. The molecule has 1 atom stereocenters. The predicted molar refractivity (Wildman–Crippen MR) is 164 cm³/mol. The van der Waals surface area contributed by atoms with E-state index in [0.717, 1.165) is 50.2 Å². The van der Waals surface area contributed by atoms with Gasteiger partial charge in [-0.05, 0) is 87.2 Å². The van der Waals surface area contributed by atoms with Crippen molar-refractivity contribution in [2.75, 3.05) is 62.6 Å². The Balaban J connectivity index is 1.47. The van der Waals surface area contributed by atoms with Crippen molar-refractivity contribution >= 4 is 62.4 Å². The van der Waals surface area contributed by atoms with Crippen LogP contribution in [0.15, 0.2) is 53.0 Å². The number of nitrogens with one attached hydrogen (secondary N) is 1. The van der Waals surface area contributed by atoms with Crippen LogP contribution in [-0.2, 0) is 14.3 Å². The van der Waals surface area contributed by atoms with Gasteiger partial charge in [0.15, 0.2) is 5.11 Å². The average Bonchev–Trinajstić information content (AvgIpc) is 3.18. The van der Waals surface area contributed by atoms with Crippen molar-refractivity contribution in [3.63, 3.8) is 0 Å². The van der Waals surface area contributed by atoms with Gasteiger partial charge in [-0.15, -0.1) is 0 Å². The van der Waals surface area contributed by atoms with E-state index in [1.807, 2.05) is 17.0 Å². The number of amides is 2. The Morgan fingerprint density at radius 2 is 1.62 bits per heavy atom. The summed E-state index contributed by atoms with van der Waals surface area (Å²) in [6, 6.07) is 13.2. The Hall–Kier alpha value is -2.86. The third kappa shape index (κ3) is 7.45. The van der Waals surface area contributed by atoms with Crippen molar-refractivity contribution in [3.8, 4) is 0 Å². The largest absolute Gasteiger partial charge is 0.462 e. The number of ether oxygens (including phenoxy) is 1. The molecule has 1 N–H and O–H groups in total. The Morgan fingerprint density at radius 1 is 0.975 bits per heavy atom. The minimum Gasteiger partial charge on any atom is -0.462 e. The van der Waals surface area contributed by atoms with E-state index in [1.54, 1.807) is 43.3 Å². The van der Waals surface area contributed by atoms with E-state index in [9.17, 15) is 14.4 Å². The molecular formula is C29H36BrN5O4S. The Labute approximate surface area is 249 Å². The second-order valence-electron chi connectivity index (χ2n) is 9.82. The molecule has 0 radical (unpaired) electrons. The highest BCUT2D eigenvalue weighted by molar-refractivity contribution is 9.10. The number of likely N-dealkylation sites (N-methyl/N-ethyl adjacent to an activating group) is 1. The smallest absolute Gasteiger partial charge is 0.338 e. The van der Waals surface area contributed by atoms with Gasteiger partial charge in [-0.25, -0.2) is 4.79 Å². The number of carbonyl (C=O) groups excluding carboxylic acids is 3. The molecule has 40 heavy (non-hydrogen) atoms. The fraction of sp³-hybridized carbons (Fsp3) is 0.448. The van der Waals surface area contributed by atoms with Crippen molar-refractivity contribution in [3.05, 3.63) is 58.6 Å². The van der Waals surface area contributed by atoms with Gasteiger partial charge in [-0.3, -0.25) is 14.5 Å². The van der Waals surface area contributed by atoms with E-state index in [1.165, 1.54) is 4.90 Å². The fourth-order valence-electron chi connectivity index (χ4n) is 5.00. The van der Waals surface area contributed by atoms with E-state index in [2.05, 4.69) is 38.0 Å². The number of carbonyl (C=O) groups is 3. The first-order valence-corrected chi connectivity index (χ1v) is 14.9. The van der Waals surface area contributed by atoms with Gasteiger partial charge in [-0.2, -0.15) is 0 Å². The minimum atomic E-state index is -0.718. The standard InChI is InChI=1S/C29H36BrN5O4S/c1-3-32-16-18-33(19-17-32)14-5-15-34-25(20-26(36)31-23-10-8-22(30)9-11-23)27(37)35(29(34)40)24-12-6-21(7-13-24)28(38)39-4-2/h6-13,25H,3-5,14-20H2,1-2H3,(H,31,36). The third-order valence-electron chi connectivity index (χ3n) is 7.25. The maximum Gasteiger partial charge on any atom is 0.338 e. The number of thiocarbonyl (C=S) groups is 1. The van der Waals surface area contributed by atoms with Gasteiger partial charge >= 0.3 is 5.97 Å². The molecule has 2 amide bonds. The van der Waals surface area contributed by atoms with Gasteiger partial charge in [-0.1, -0.05) is 22.9 Å². The summed E-state index contributed by atoms with van der Waals surface area (Å²) in [6.07, 6.45) is 0.793. The number of piperazine rings is 1. The molecule has 0 aromatic heterocycles. The number of anilines is 2. The van der Waals surface area contributed by atoms with Crippen molar-refractivity contribution < 1.29 is 19.1 Å². The zero-order valence-electron chi connectivity index (χ0n) is 23.0. The van der Waals surface area contributed by atoms with Crippen LogP contribution in [0.25, 0.3) is 0 Å². The minimum absolute atomic E-state index is 0.0262. The lowest BCUT2D eigenvalue weighted by Crippen LogP contribution is -2.47. The molecule has 1 unspecified atom stereocenters. The number of hydrogen-bond donors (Lipinski definition) is 1. The van der Waals surface area contributed by atoms with Gasteiger partial charge in [0.1, 0.15) is 6.04 Å². The summed E-state index contributed by atoms with van der Waals surface area (Å²) in [6.45, 7) is 10.9. The molecule has 2 aliphatic heterocycles. The summed E-state index contributed by atoms with van der Waals surface area (Å²) in [5, 5.41) is 3.26. The lowest BCUT2D eigenvalue weighted by Gasteiger charge is -2.34. The number of nitrogens with zero attached hydrogens (tertiary/aromatic N) is 4. The lowest BCUT2D eigenvalue weighted by molar-refractivity contribution is -0.124. The average molecular weight is 631 g/mol. The molecule has 4 rings (SSSR count). The van der Waals surface area contributed by atoms with E-state index < -0.39 is 12.0 Å². The highest BCUT2D eigenvalue weighted by atomic mass is 79.9. The number of halogens is 1. The second-order valence-corrected chi connectivity index (χ2v) is 11.1. The van der Waals surface area contributed by atoms with Crippen LogP contribution in [0.2, 0.25) is 0 Å². The number of benzene rings is 2. The summed E-state index contributed by atoms with van der Waals surface area (Å²) in [5.74, 6) is -0.937. The number of rotatable bonds is 11. The highest BCUT2D eigenvalue weighted by Crippen LogP contribution is 2.28. The molecule has 9 nitrogen and oxygen atoms in total. The molecule has 0 aliphatic carbocycles. The topological polar surface area (TPSA) is 85.4 Å². The molecular weight excluding hydrogens is 594 g/mol. The number of esters is 1. The summed E-state index contributed by atoms with van der Waals surface area (Å²) >= 11 is 9.20. The molecule has 2 aromatic carbocycles. The Kier molecular flexibility index (Phi) is 10.7. The van der Waals surface area contributed by atoms with Crippen molar-refractivity contribution in [1.29, 1.82) is 0 Å². The van der Waals surface area contributed by atoms with Gasteiger partial charge in [0.2, 0.25) is 5.91 Å². The van der Waals surface area contributed by atoms with Crippen molar-refractivity contribution in [2.24, 2.45) is 0 Å². The molecule has 2 aromatic rings. The monoisotopic (exact) mass is 629 g/mol. The normalized spacial score (nSPS) is 18.3. The maximum atomic E-state index is 13.7. The first kappa shape index (κ1) is 30.1. The van der Waals surface area contributed by atoms with Gasteiger partial charge in [0.05, 0.1) is 24.3 Å². The van der Waals surface area contributed by atoms with E-state index >= 15 is 0 Å². The van der Waals surface area contributed by atoms with Crippen LogP contribution in [0.1, 0.15) is 37.0 Å². The molecule has 2 saturated heterocycles. The zero-order valence-corrected chi connectivity index (χ0v) is 25.4. The molecule has 0 bridgehead atoms. The van der Waals surface area contributed by atoms with Crippen molar-refractivity contribution in [2.45, 2.75) is 32.7 Å². The Morgan fingerprint density at radius 3 is 2.25 bits per heavy atom. The summed E-state index contributed by atoms with van der Waals surface area (Å²) < 4.78 is 5.98. The molecule has 0 spiro atoms. The first-order valence-electron chi connectivity index (χ1n) is 13.7. The van der Waals surface area contributed by atoms with Crippen LogP contribution < -0.4 is 10.2 Å². The van der Waals surface area contributed by atoms with Gasteiger partial charge in [0.25, 0.3) is 5.91 Å². The summed E-state index contributed by atoms with van der Waals surface area (Å²) in [4.78, 5) is 47.1. The van der Waals surface area contributed by atoms with E-state index in [0.29, 0.717) is 28.6 Å². The number of hydrogen-bond acceptors (Lipinski definition) is 7. The zero-order chi connectivity index (χ0) is 28.6. The second kappa shape index (κ2) is 14.2. The third-order valence-corrected chi connectivity index (χ3v) is 8.19. The molecule has 0 saturated carbocycles. The molecule has 2 heterocycles. The quantitative estimate of drug-likeness (QED) is 0.295. The van der Waals surface area contributed by atoms with E-state index in [4.69, 9.17) is 17.0 Å². The van der Waals surface area contributed by atoms with Crippen LogP contribution >= 0.6 is 28.1 Å². The summed E-state index contributed by atoms with van der Waals surface area (Å²) in [7, 11) is 0. The first-order chi connectivity index (χ1) is 19.3. The van der Waals surface area contributed by atoms with Crippen LogP contribution in [0.3, 0.4) is 0 Å². The SMILES string of the molecule is CCOC(=O)c1ccc(N2C(=O)C(CC(=O)Nc3ccc(Br)cc3)N(CCCN3CCN(CC)CC3)C2=S)cc1. The van der Waals surface area contributed by atoms with E-state index in [-0.39, 0.29) is 24.8 Å². The van der Waals surface area contributed by atoms with Gasteiger partial charge in [0, 0.05) is 42.9 Å².